The Labute approximate surface area is 599 Å². The molecule has 0 heterocycles. The first-order valence-corrected chi connectivity index (χ1v) is 43.2. The second-order valence-electron chi connectivity index (χ2n) is 29.2. The fourth-order valence-corrected chi connectivity index (χ4v) is 13.2. The summed E-state index contributed by atoms with van der Waals surface area (Å²) in [6.07, 6.45) is 59.2. The second-order valence-corrected chi connectivity index (χ2v) is 32.1. The lowest BCUT2D eigenvalue weighted by Crippen LogP contribution is -2.30. The molecule has 0 amide bonds. The average molecular weight is 1430 g/mol. The molecular formula is C79H150O17P2. The predicted molar refractivity (Wildman–Crippen MR) is 400 cm³/mol. The molecule has 578 valence electrons. The molecule has 0 spiro atoms. The molecule has 17 nitrogen and oxygen atoms in total. The van der Waals surface area contributed by atoms with Crippen LogP contribution in [0.1, 0.15) is 382 Å². The van der Waals surface area contributed by atoms with Gasteiger partial charge in [0.15, 0.2) is 12.2 Å². The molecule has 0 aliphatic carbocycles. The number of unbranched alkanes of at least 4 members (excludes halogenated alkanes) is 40. The third-order valence-corrected chi connectivity index (χ3v) is 19.7. The van der Waals surface area contributed by atoms with Crippen molar-refractivity contribution >= 4 is 39.5 Å². The molecule has 0 aromatic heterocycles. The van der Waals surface area contributed by atoms with Crippen molar-refractivity contribution in [1.82, 2.24) is 0 Å². The number of aliphatic hydroxyl groups is 1. The zero-order chi connectivity index (χ0) is 72.3. The Morgan fingerprint density at radius 2 is 0.551 bits per heavy atom. The Morgan fingerprint density at radius 3 is 0.827 bits per heavy atom. The molecule has 0 fully saturated rings. The van der Waals surface area contributed by atoms with Crippen molar-refractivity contribution in [3.8, 4) is 0 Å². The van der Waals surface area contributed by atoms with E-state index in [4.69, 9.17) is 37.0 Å². The third kappa shape index (κ3) is 71.9. The van der Waals surface area contributed by atoms with Gasteiger partial charge in [0.2, 0.25) is 0 Å². The van der Waals surface area contributed by atoms with Crippen molar-refractivity contribution < 1.29 is 80.2 Å². The van der Waals surface area contributed by atoms with Gasteiger partial charge in [-0.2, -0.15) is 0 Å². The zero-order valence-electron chi connectivity index (χ0n) is 63.7. The molecule has 0 rings (SSSR count). The minimum absolute atomic E-state index is 0.0838. The van der Waals surface area contributed by atoms with Gasteiger partial charge in [0.25, 0.3) is 0 Å². The first-order chi connectivity index (χ1) is 47.2. The average Bonchev–Trinajstić information content (AvgIpc) is 0.943. The number of hydrogen-bond acceptors (Lipinski definition) is 15. The summed E-state index contributed by atoms with van der Waals surface area (Å²) in [4.78, 5) is 72.9. The van der Waals surface area contributed by atoms with Gasteiger partial charge in [-0.05, 0) is 69.1 Å². The maximum Gasteiger partial charge on any atom is 0.472 e. The summed E-state index contributed by atoms with van der Waals surface area (Å²) in [7, 11) is -9.93. The molecule has 0 aromatic carbocycles. The summed E-state index contributed by atoms with van der Waals surface area (Å²) < 4.78 is 68.6. The van der Waals surface area contributed by atoms with Crippen molar-refractivity contribution in [2.45, 2.75) is 401 Å². The molecule has 98 heavy (non-hydrogen) atoms. The van der Waals surface area contributed by atoms with Gasteiger partial charge >= 0.3 is 39.5 Å². The van der Waals surface area contributed by atoms with Crippen molar-refractivity contribution in [3.05, 3.63) is 24.3 Å². The van der Waals surface area contributed by atoms with E-state index < -0.39 is 97.5 Å². The van der Waals surface area contributed by atoms with Gasteiger partial charge < -0.3 is 33.8 Å². The highest BCUT2D eigenvalue weighted by atomic mass is 31.2. The monoisotopic (exact) mass is 1430 g/mol. The van der Waals surface area contributed by atoms with Crippen LogP contribution in [0.5, 0.6) is 0 Å². The number of carbonyl (C=O) groups excluding carboxylic acids is 4. The second kappa shape index (κ2) is 68.9. The molecule has 19 heteroatoms. The lowest BCUT2D eigenvalue weighted by Gasteiger charge is -2.21. The number of hydrogen-bond donors (Lipinski definition) is 3. The number of phosphoric acid groups is 2. The number of carbonyl (C=O) groups is 4. The van der Waals surface area contributed by atoms with Crippen LogP contribution in [0, 0.1) is 17.8 Å². The van der Waals surface area contributed by atoms with Gasteiger partial charge in [-0.1, -0.05) is 330 Å². The maximum atomic E-state index is 13.1. The van der Waals surface area contributed by atoms with Crippen LogP contribution in [-0.2, 0) is 65.4 Å². The van der Waals surface area contributed by atoms with Crippen LogP contribution in [0.15, 0.2) is 24.3 Å². The smallest absolute Gasteiger partial charge is 0.462 e. The van der Waals surface area contributed by atoms with Crippen LogP contribution >= 0.6 is 15.6 Å². The molecule has 3 N–H and O–H groups in total. The number of phosphoric ester groups is 2. The molecule has 2 unspecified atom stereocenters. The van der Waals surface area contributed by atoms with Crippen molar-refractivity contribution in [2.75, 3.05) is 39.6 Å². The van der Waals surface area contributed by atoms with Gasteiger partial charge in [-0.25, -0.2) is 9.13 Å². The van der Waals surface area contributed by atoms with Crippen molar-refractivity contribution in [1.29, 1.82) is 0 Å². The fourth-order valence-electron chi connectivity index (χ4n) is 11.6. The first-order valence-electron chi connectivity index (χ1n) is 40.2. The zero-order valence-corrected chi connectivity index (χ0v) is 65.5. The molecule has 0 saturated heterocycles. The number of allylic oxidation sites excluding steroid dienone is 4. The summed E-state index contributed by atoms with van der Waals surface area (Å²) >= 11 is 0. The van der Waals surface area contributed by atoms with Gasteiger partial charge in [-0.15, -0.1) is 0 Å². The lowest BCUT2D eigenvalue weighted by atomic mass is 10.0. The minimum Gasteiger partial charge on any atom is -0.462 e. The molecule has 0 aliphatic heterocycles. The Hall–Kier alpha value is -2.46. The molecule has 0 aromatic rings. The van der Waals surface area contributed by atoms with Gasteiger partial charge in [0, 0.05) is 25.7 Å². The van der Waals surface area contributed by atoms with E-state index in [-0.39, 0.29) is 25.7 Å². The Kier molecular flexibility index (Phi) is 67.2. The first kappa shape index (κ1) is 95.5. The quantitative estimate of drug-likeness (QED) is 0.0169. The largest absolute Gasteiger partial charge is 0.472 e. The van der Waals surface area contributed by atoms with E-state index in [1.165, 1.54) is 173 Å². The van der Waals surface area contributed by atoms with Gasteiger partial charge in [0.05, 0.1) is 26.4 Å². The normalized spacial score (nSPS) is 14.2. The number of esters is 4. The molecule has 5 atom stereocenters. The van der Waals surface area contributed by atoms with Crippen LogP contribution in [0.3, 0.4) is 0 Å². The van der Waals surface area contributed by atoms with Gasteiger partial charge in [0.1, 0.15) is 19.3 Å². The Bertz CT molecular complexity index is 2000. The number of rotatable bonds is 75. The highest BCUT2D eigenvalue weighted by Crippen LogP contribution is 2.45. The number of ether oxygens (including phenoxy) is 4. The lowest BCUT2D eigenvalue weighted by molar-refractivity contribution is -0.161. The summed E-state index contributed by atoms with van der Waals surface area (Å²) in [6, 6.07) is 0. The Balaban J connectivity index is 5.26. The standard InChI is InChI=1S/C79H150O17P2/c1-8-9-10-11-12-13-14-15-17-24-29-34-39-48-55-62-79(84)96-75(67-90-77(82)61-54-47-42-41-45-52-59-72(6)7)69-94-98(87,88)92-65-73(80)64-91-97(85,86)93-68-74(95-78(83)63-56-49-40-35-30-25-20-22-27-32-37-44-51-58-71(4)5)66-89-76(81)60-53-46-38-33-28-23-19-16-18-21-26-31-36-43-50-57-70(2)3/h13-15,17,70-75,80H,8-12,16,18-69H2,1-7H3,(H,85,86)(H,87,88)/b14-13-,17-15-/t73-,74-,75-/m1/s1. The van der Waals surface area contributed by atoms with E-state index in [1.54, 1.807) is 0 Å². The van der Waals surface area contributed by atoms with Crippen molar-refractivity contribution in [2.24, 2.45) is 17.8 Å². The van der Waals surface area contributed by atoms with Crippen LogP contribution in [0.2, 0.25) is 0 Å². The Morgan fingerprint density at radius 1 is 0.316 bits per heavy atom. The van der Waals surface area contributed by atoms with Crippen LogP contribution < -0.4 is 0 Å². The summed E-state index contributed by atoms with van der Waals surface area (Å²) in [5.74, 6) is 0.120. The molecule has 0 bridgehead atoms. The van der Waals surface area contributed by atoms with Crippen molar-refractivity contribution in [3.63, 3.8) is 0 Å². The molecule has 0 aliphatic rings. The molecule has 0 saturated carbocycles. The SMILES string of the molecule is CCCCCC/C=C\C=C/CCCCCCCC(=O)O[C@H](COC(=O)CCCCCCCCC(C)C)COP(=O)(O)OC[C@H](O)COP(=O)(O)OC[C@@H](COC(=O)CCCCCCCCCCCCCCCCCC(C)C)OC(=O)CCCCCCCCCCCCCCCC(C)C. The molecule has 0 radical (unpaired) electrons. The van der Waals surface area contributed by atoms with E-state index in [1.807, 2.05) is 0 Å². The maximum absolute atomic E-state index is 13.1. The third-order valence-electron chi connectivity index (χ3n) is 17.8. The van der Waals surface area contributed by atoms with E-state index in [2.05, 4.69) is 72.8 Å². The predicted octanol–water partition coefficient (Wildman–Crippen LogP) is 22.9. The number of aliphatic hydroxyl groups excluding tert-OH is 1. The van der Waals surface area contributed by atoms with E-state index in [9.17, 15) is 43.2 Å². The van der Waals surface area contributed by atoms with Crippen LogP contribution in [-0.4, -0.2) is 96.7 Å². The van der Waals surface area contributed by atoms with Crippen LogP contribution in [0.25, 0.3) is 0 Å². The topological polar surface area (TPSA) is 237 Å². The minimum atomic E-state index is -4.96. The van der Waals surface area contributed by atoms with E-state index >= 15 is 0 Å². The fraction of sp³-hybridized carbons (Fsp3) is 0.899. The van der Waals surface area contributed by atoms with Gasteiger partial charge in [-0.3, -0.25) is 37.3 Å². The van der Waals surface area contributed by atoms with Crippen LogP contribution in [0.4, 0.5) is 0 Å². The summed E-state index contributed by atoms with van der Waals surface area (Å²) in [6.45, 7) is 11.8. The van der Waals surface area contributed by atoms with E-state index in [0.717, 1.165) is 121 Å². The van der Waals surface area contributed by atoms with E-state index in [0.29, 0.717) is 31.6 Å². The highest BCUT2D eigenvalue weighted by molar-refractivity contribution is 7.47. The molecular weight excluding hydrogens is 1280 g/mol. The summed E-state index contributed by atoms with van der Waals surface area (Å²) in [5, 5.41) is 10.6. The summed E-state index contributed by atoms with van der Waals surface area (Å²) in [5.41, 5.74) is 0. The highest BCUT2D eigenvalue weighted by Gasteiger charge is 2.30.